The second-order valence-electron chi connectivity index (χ2n) is 4.70. The molecule has 0 radical (unpaired) electrons. The molecule has 19 heavy (non-hydrogen) atoms. The highest BCUT2D eigenvalue weighted by Crippen LogP contribution is 2.32. The Morgan fingerprint density at radius 3 is 2.53 bits per heavy atom. The molecular weight excluding hydrogens is 236 g/mol. The molecule has 2 heteroatoms. The van der Waals surface area contributed by atoms with E-state index in [2.05, 4.69) is 13.0 Å². The van der Waals surface area contributed by atoms with Crippen molar-refractivity contribution >= 4 is 0 Å². The predicted molar refractivity (Wildman–Crippen MR) is 77.6 cm³/mol. The van der Waals surface area contributed by atoms with E-state index >= 15 is 0 Å². The molecule has 0 saturated carbocycles. The molecule has 2 aromatic carbocycles. The van der Waals surface area contributed by atoms with Crippen molar-refractivity contribution in [3.8, 4) is 5.75 Å². The summed E-state index contributed by atoms with van der Waals surface area (Å²) in [5.74, 6) is 0.726. The summed E-state index contributed by atoms with van der Waals surface area (Å²) >= 11 is 0. The maximum absolute atomic E-state index is 10.7. The summed E-state index contributed by atoms with van der Waals surface area (Å²) in [7, 11) is 1.63. The van der Waals surface area contributed by atoms with Crippen LogP contribution in [0.25, 0.3) is 0 Å². The minimum absolute atomic E-state index is 0.647. The number of hydrogen-bond donors (Lipinski definition) is 1. The Labute approximate surface area is 114 Å². The molecule has 2 aromatic rings. The molecule has 1 N–H and O–H groups in total. The highest BCUT2D eigenvalue weighted by molar-refractivity contribution is 5.44. The molecular formula is C17H20O2. The Hall–Kier alpha value is -1.80. The number of aliphatic hydroxyl groups excluding tert-OH is 1. The number of aliphatic hydroxyl groups is 1. The summed E-state index contributed by atoms with van der Waals surface area (Å²) in [5.41, 5.74) is 4.06. The monoisotopic (exact) mass is 256 g/mol. The van der Waals surface area contributed by atoms with Crippen LogP contribution in [0.1, 0.15) is 35.3 Å². The molecule has 100 valence electrons. The molecule has 1 unspecified atom stereocenters. The first-order valence-corrected chi connectivity index (χ1v) is 6.57. The molecule has 0 aliphatic rings. The van der Waals surface area contributed by atoms with Crippen LogP contribution in [0.4, 0.5) is 0 Å². The first-order chi connectivity index (χ1) is 9.17. The highest BCUT2D eigenvalue weighted by Gasteiger charge is 2.17. The van der Waals surface area contributed by atoms with Crippen molar-refractivity contribution in [3.63, 3.8) is 0 Å². The normalized spacial score (nSPS) is 12.2. The van der Waals surface area contributed by atoms with E-state index in [0.717, 1.165) is 28.9 Å². The molecule has 0 spiro atoms. The summed E-state index contributed by atoms with van der Waals surface area (Å²) in [6, 6.07) is 13.9. The van der Waals surface area contributed by atoms with E-state index in [1.54, 1.807) is 7.11 Å². The third-order valence-electron chi connectivity index (χ3n) is 3.41. The Kier molecular flexibility index (Phi) is 4.23. The summed E-state index contributed by atoms with van der Waals surface area (Å²) in [4.78, 5) is 0. The van der Waals surface area contributed by atoms with Gasteiger partial charge < -0.3 is 9.84 Å². The molecule has 2 nitrogen and oxygen atoms in total. The van der Waals surface area contributed by atoms with Crippen LogP contribution in [-0.2, 0) is 6.42 Å². The standard InChI is InChI=1S/C17H20O2/c1-4-13-7-5-6-8-14(13)17(18)15-11-12(2)9-10-16(15)19-3/h5-11,17-18H,4H2,1-3H3. The lowest BCUT2D eigenvalue weighted by Crippen LogP contribution is -2.05. The van der Waals surface area contributed by atoms with Gasteiger partial charge in [-0.05, 0) is 36.6 Å². The lowest BCUT2D eigenvalue weighted by molar-refractivity contribution is 0.213. The summed E-state index contributed by atoms with van der Waals surface area (Å²) in [6.07, 6.45) is 0.257. The summed E-state index contributed by atoms with van der Waals surface area (Å²) in [5, 5.41) is 10.7. The number of aryl methyl sites for hydroxylation is 2. The molecule has 0 fully saturated rings. The second kappa shape index (κ2) is 5.89. The maximum atomic E-state index is 10.7. The zero-order chi connectivity index (χ0) is 13.8. The number of ether oxygens (including phenoxy) is 1. The smallest absolute Gasteiger partial charge is 0.125 e. The maximum Gasteiger partial charge on any atom is 0.125 e. The third kappa shape index (κ3) is 2.79. The van der Waals surface area contributed by atoms with Gasteiger partial charge in [-0.2, -0.15) is 0 Å². The van der Waals surface area contributed by atoms with Crippen LogP contribution in [0, 0.1) is 6.92 Å². The van der Waals surface area contributed by atoms with E-state index in [4.69, 9.17) is 4.74 Å². The highest BCUT2D eigenvalue weighted by atomic mass is 16.5. The van der Waals surface area contributed by atoms with Crippen LogP contribution >= 0.6 is 0 Å². The van der Waals surface area contributed by atoms with Gasteiger partial charge in [0.2, 0.25) is 0 Å². The second-order valence-corrected chi connectivity index (χ2v) is 4.70. The van der Waals surface area contributed by atoms with Gasteiger partial charge in [-0.3, -0.25) is 0 Å². The van der Waals surface area contributed by atoms with E-state index in [1.807, 2.05) is 43.3 Å². The largest absolute Gasteiger partial charge is 0.496 e. The Morgan fingerprint density at radius 1 is 1.11 bits per heavy atom. The van der Waals surface area contributed by atoms with Crippen molar-refractivity contribution in [1.82, 2.24) is 0 Å². The number of methoxy groups -OCH3 is 1. The molecule has 0 bridgehead atoms. The van der Waals surface area contributed by atoms with Crippen LogP contribution in [0.15, 0.2) is 42.5 Å². The topological polar surface area (TPSA) is 29.5 Å². The van der Waals surface area contributed by atoms with Crippen molar-refractivity contribution in [2.75, 3.05) is 7.11 Å². The average molecular weight is 256 g/mol. The number of hydrogen-bond acceptors (Lipinski definition) is 2. The summed E-state index contributed by atoms with van der Waals surface area (Å²) in [6.45, 7) is 4.11. The predicted octanol–water partition coefficient (Wildman–Crippen LogP) is 3.65. The lowest BCUT2D eigenvalue weighted by atomic mass is 9.94. The minimum atomic E-state index is -0.647. The molecule has 2 rings (SSSR count). The van der Waals surface area contributed by atoms with Gasteiger partial charge in [0.15, 0.2) is 0 Å². The Morgan fingerprint density at radius 2 is 1.84 bits per heavy atom. The third-order valence-corrected chi connectivity index (χ3v) is 3.41. The van der Waals surface area contributed by atoms with E-state index in [9.17, 15) is 5.11 Å². The van der Waals surface area contributed by atoms with Gasteiger partial charge in [-0.25, -0.2) is 0 Å². The van der Waals surface area contributed by atoms with Crippen LogP contribution in [0.3, 0.4) is 0 Å². The zero-order valence-corrected chi connectivity index (χ0v) is 11.7. The number of rotatable bonds is 4. The van der Waals surface area contributed by atoms with Crippen LogP contribution < -0.4 is 4.74 Å². The van der Waals surface area contributed by atoms with Gasteiger partial charge in [0, 0.05) is 5.56 Å². The van der Waals surface area contributed by atoms with Crippen molar-refractivity contribution in [3.05, 3.63) is 64.7 Å². The molecule has 0 heterocycles. The fourth-order valence-corrected chi connectivity index (χ4v) is 2.36. The fourth-order valence-electron chi connectivity index (χ4n) is 2.36. The Balaban J connectivity index is 2.49. The van der Waals surface area contributed by atoms with Crippen molar-refractivity contribution < 1.29 is 9.84 Å². The average Bonchev–Trinajstić information content (AvgIpc) is 2.46. The molecule has 1 atom stereocenters. The quantitative estimate of drug-likeness (QED) is 0.904. The van der Waals surface area contributed by atoms with Gasteiger partial charge in [-0.15, -0.1) is 0 Å². The van der Waals surface area contributed by atoms with Crippen molar-refractivity contribution in [2.24, 2.45) is 0 Å². The van der Waals surface area contributed by atoms with E-state index in [1.165, 1.54) is 5.56 Å². The van der Waals surface area contributed by atoms with Gasteiger partial charge in [0.1, 0.15) is 11.9 Å². The minimum Gasteiger partial charge on any atom is -0.496 e. The lowest BCUT2D eigenvalue weighted by Gasteiger charge is -2.18. The van der Waals surface area contributed by atoms with E-state index in [0.29, 0.717) is 0 Å². The molecule has 0 amide bonds. The summed E-state index contributed by atoms with van der Waals surface area (Å²) < 4.78 is 5.36. The van der Waals surface area contributed by atoms with Crippen LogP contribution in [0.2, 0.25) is 0 Å². The molecule has 0 saturated heterocycles. The van der Waals surface area contributed by atoms with Gasteiger partial charge in [-0.1, -0.05) is 42.8 Å². The zero-order valence-electron chi connectivity index (χ0n) is 11.7. The Bertz CT molecular complexity index is 561. The van der Waals surface area contributed by atoms with Gasteiger partial charge in [0.05, 0.1) is 7.11 Å². The van der Waals surface area contributed by atoms with E-state index in [-0.39, 0.29) is 0 Å². The SMILES string of the molecule is CCc1ccccc1C(O)c1cc(C)ccc1OC. The first-order valence-electron chi connectivity index (χ1n) is 6.57. The van der Waals surface area contributed by atoms with Crippen LogP contribution in [-0.4, -0.2) is 12.2 Å². The number of benzene rings is 2. The molecule has 0 aromatic heterocycles. The van der Waals surface area contributed by atoms with Gasteiger partial charge in [0.25, 0.3) is 0 Å². The van der Waals surface area contributed by atoms with Crippen LogP contribution in [0.5, 0.6) is 5.75 Å². The van der Waals surface area contributed by atoms with Crippen molar-refractivity contribution in [2.45, 2.75) is 26.4 Å². The first kappa shape index (κ1) is 13.6. The molecule has 0 aliphatic carbocycles. The van der Waals surface area contributed by atoms with Gasteiger partial charge >= 0.3 is 0 Å². The fraction of sp³-hybridized carbons (Fsp3) is 0.294. The van der Waals surface area contributed by atoms with E-state index < -0.39 is 6.10 Å². The molecule has 0 aliphatic heterocycles. The van der Waals surface area contributed by atoms with Crippen molar-refractivity contribution in [1.29, 1.82) is 0 Å².